The fraction of sp³-hybridized carbons (Fsp3) is 0.211. The first-order valence-electron chi connectivity index (χ1n) is 8.41. The third kappa shape index (κ3) is 3.84. The summed E-state index contributed by atoms with van der Waals surface area (Å²) in [6, 6.07) is 12.7. The van der Waals surface area contributed by atoms with Gasteiger partial charge < -0.3 is 19.1 Å². The molecule has 138 valence electrons. The van der Waals surface area contributed by atoms with Crippen LogP contribution in [0.4, 0.5) is 0 Å². The average molecular weight is 366 g/mol. The monoisotopic (exact) mass is 366 g/mol. The zero-order valence-electron chi connectivity index (χ0n) is 14.7. The van der Waals surface area contributed by atoms with Gasteiger partial charge in [0.1, 0.15) is 12.4 Å². The van der Waals surface area contributed by atoms with Crippen LogP contribution in [0.3, 0.4) is 0 Å². The van der Waals surface area contributed by atoms with Gasteiger partial charge in [0.25, 0.3) is 5.91 Å². The van der Waals surface area contributed by atoms with E-state index in [0.717, 1.165) is 5.69 Å². The van der Waals surface area contributed by atoms with E-state index in [-0.39, 0.29) is 19.3 Å². The number of hydrogen-bond acceptors (Lipinski definition) is 6. The highest BCUT2D eigenvalue weighted by Crippen LogP contribution is 2.35. The number of aromatic amines is 1. The van der Waals surface area contributed by atoms with Gasteiger partial charge in [0, 0.05) is 19.3 Å². The number of aromatic nitrogens is 3. The number of ether oxygens (including phenoxy) is 3. The predicted octanol–water partition coefficient (Wildman–Crippen LogP) is 2.38. The normalized spacial score (nSPS) is 12.0. The van der Waals surface area contributed by atoms with Gasteiger partial charge in [-0.25, -0.2) is 0 Å². The van der Waals surface area contributed by atoms with E-state index in [1.54, 1.807) is 42.4 Å². The number of carbonyl (C=O) groups excluding carboxylic acids is 1. The van der Waals surface area contributed by atoms with Crippen molar-refractivity contribution in [1.82, 2.24) is 20.1 Å². The number of benzene rings is 1. The SMILES string of the molecule is CN(Cc1ccccn1)C(=O)c1cc(COc2ccc3c(c2)OCO3)[nH]n1. The summed E-state index contributed by atoms with van der Waals surface area (Å²) >= 11 is 0. The lowest BCUT2D eigenvalue weighted by Crippen LogP contribution is -2.26. The lowest BCUT2D eigenvalue weighted by molar-refractivity contribution is 0.0777. The van der Waals surface area contributed by atoms with Gasteiger partial charge in [0.2, 0.25) is 6.79 Å². The van der Waals surface area contributed by atoms with Gasteiger partial charge in [0.15, 0.2) is 17.2 Å². The Morgan fingerprint density at radius 3 is 2.96 bits per heavy atom. The molecule has 3 aromatic rings. The van der Waals surface area contributed by atoms with Crippen LogP contribution in [0, 0.1) is 0 Å². The standard InChI is InChI=1S/C19H18N4O4/c1-23(10-13-4-2-3-7-20-13)19(24)16-8-14(21-22-16)11-25-15-5-6-17-18(9-15)27-12-26-17/h2-9H,10-12H2,1H3,(H,21,22). The van der Waals surface area contributed by atoms with Gasteiger partial charge in [-0.15, -0.1) is 0 Å². The lowest BCUT2D eigenvalue weighted by atomic mass is 10.3. The topological polar surface area (TPSA) is 89.6 Å². The Morgan fingerprint density at radius 1 is 1.22 bits per heavy atom. The van der Waals surface area contributed by atoms with Gasteiger partial charge in [-0.1, -0.05) is 6.07 Å². The van der Waals surface area contributed by atoms with Crippen LogP contribution in [0.5, 0.6) is 17.2 Å². The maximum absolute atomic E-state index is 12.5. The summed E-state index contributed by atoms with van der Waals surface area (Å²) in [4.78, 5) is 18.3. The molecule has 3 heterocycles. The number of carbonyl (C=O) groups is 1. The van der Waals surface area contributed by atoms with Gasteiger partial charge >= 0.3 is 0 Å². The largest absolute Gasteiger partial charge is 0.487 e. The van der Waals surface area contributed by atoms with Crippen LogP contribution in [0.15, 0.2) is 48.7 Å². The molecule has 0 fully saturated rings. The van der Waals surface area contributed by atoms with Gasteiger partial charge in [-0.2, -0.15) is 5.10 Å². The highest BCUT2D eigenvalue weighted by Gasteiger charge is 2.17. The average Bonchev–Trinajstić information content (AvgIpc) is 3.35. The number of nitrogens with zero attached hydrogens (tertiary/aromatic N) is 3. The van der Waals surface area contributed by atoms with Crippen molar-refractivity contribution in [2.45, 2.75) is 13.2 Å². The van der Waals surface area contributed by atoms with Crippen molar-refractivity contribution in [1.29, 1.82) is 0 Å². The van der Waals surface area contributed by atoms with Crippen molar-refractivity contribution in [2.24, 2.45) is 0 Å². The van der Waals surface area contributed by atoms with E-state index in [9.17, 15) is 4.79 Å². The van der Waals surface area contributed by atoms with Crippen LogP contribution in [0.2, 0.25) is 0 Å². The Morgan fingerprint density at radius 2 is 2.11 bits per heavy atom. The third-order valence-corrected chi connectivity index (χ3v) is 4.06. The van der Waals surface area contributed by atoms with E-state index in [4.69, 9.17) is 14.2 Å². The second kappa shape index (κ2) is 7.36. The van der Waals surface area contributed by atoms with Crippen molar-refractivity contribution in [2.75, 3.05) is 13.8 Å². The predicted molar refractivity (Wildman–Crippen MR) is 95.5 cm³/mol. The number of nitrogens with one attached hydrogen (secondary N) is 1. The van der Waals surface area contributed by atoms with Gasteiger partial charge in [-0.05, 0) is 30.3 Å². The minimum atomic E-state index is -0.189. The molecule has 0 saturated carbocycles. The second-order valence-electron chi connectivity index (χ2n) is 6.06. The Labute approximate surface area is 155 Å². The van der Waals surface area contributed by atoms with E-state index >= 15 is 0 Å². The van der Waals surface area contributed by atoms with E-state index in [1.807, 2.05) is 18.2 Å². The lowest BCUT2D eigenvalue weighted by Gasteiger charge is -2.14. The molecule has 1 amide bonds. The fourth-order valence-corrected chi connectivity index (χ4v) is 2.67. The molecule has 1 N–H and O–H groups in total. The molecule has 1 aromatic carbocycles. The molecule has 1 aliphatic rings. The Balaban J connectivity index is 1.36. The highest BCUT2D eigenvalue weighted by atomic mass is 16.7. The van der Waals surface area contributed by atoms with Crippen LogP contribution in [0.1, 0.15) is 21.9 Å². The summed E-state index contributed by atoms with van der Waals surface area (Å²) in [5.41, 5.74) is 1.84. The maximum atomic E-state index is 12.5. The molecule has 0 aliphatic carbocycles. The Kier molecular flexibility index (Phi) is 4.61. The quantitative estimate of drug-likeness (QED) is 0.720. The summed E-state index contributed by atoms with van der Waals surface area (Å²) in [5, 5.41) is 6.92. The van der Waals surface area contributed by atoms with Gasteiger partial charge in [0.05, 0.1) is 17.9 Å². The number of H-pyrrole nitrogens is 1. The minimum Gasteiger partial charge on any atom is -0.487 e. The van der Waals surface area contributed by atoms with Crippen molar-refractivity contribution >= 4 is 5.91 Å². The Bertz CT molecular complexity index is 942. The number of rotatable bonds is 6. The summed E-state index contributed by atoms with van der Waals surface area (Å²) < 4.78 is 16.3. The number of amides is 1. The summed E-state index contributed by atoms with van der Waals surface area (Å²) in [6.45, 7) is 0.885. The molecule has 0 unspecified atom stereocenters. The molecule has 0 spiro atoms. The molecular formula is C19H18N4O4. The Hall–Kier alpha value is -3.55. The first kappa shape index (κ1) is 16.9. The van der Waals surface area contributed by atoms with Crippen LogP contribution in [-0.2, 0) is 13.2 Å². The third-order valence-electron chi connectivity index (χ3n) is 4.06. The summed E-state index contributed by atoms with van der Waals surface area (Å²) in [7, 11) is 1.72. The van der Waals surface area contributed by atoms with Crippen molar-refractivity contribution in [3.8, 4) is 17.2 Å². The molecule has 0 bridgehead atoms. The maximum Gasteiger partial charge on any atom is 0.274 e. The zero-order valence-corrected chi connectivity index (χ0v) is 14.7. The van der Waals surface area contributed by atoms with Gasteiger partial charge in [-0.3, -0.25) is 14.9 Å². The second-order valence-corrected chi connectivity index (χ2v) is 6.06. The minimum absolute atomic E-state index is 0.189. The van der Waals surface area contributed by atoms with E-state index in [0.29, 0.717) is 35.2 Å². The van der Waals surface area contributed by atoms with Crippen molar-refractivity contribution in [3.05, 3.63) is 65.7 Å². The molecule has 8 heteroatoms. The van der Waals surface area contributed by atoms with Crippen LogP contribution in [-0.4, -0.2) is 39.8 Å². The number of pyridine rings is 1. The first-order chi connectivity index (χ1) is 13.2. The van der Waals surface area contributed by atoms with E-state index in [2.05, 4.69) is 15.2 Å². The molecule has 4 rings (SSSR count). The smallest absolute Gasteiger partial charge is 0.274 e. The van der Waals surface area contributed by atoms with E-state index < -0.39 is 0 Å². The molecule has 27 heavy (non-hydrogen) atoms. The molecule has 0 radical (unpaired) electrons. The van der Waals surface area contributed by atoms with E-state index in [1.165, 1.54) is 0 Å². The molecule has 8 nitrogen and oxygen atoms in total. The van der Waals surface area contributed by atoms with Crippen molar-refractivity contribution in [3.63, 3.8) is 0 Å². The van der Waals surface area contributed by atoms with Crippen molar-refractivity contribution < 1.29 is 19.0 Å². The summed E-state index contributed by atoms with van der Waals surface area (Å²) in [5.74, 6) is 1.82. The van der Waals surface area contributed by atoms with Crippen LogP contribution < -0.4 is 14.2 Å². The summed E-state index contributed by atoms with van der Waals surface area (Å²) in [6.07, 6.45) is 1.70. The molecule has 0 saturated heterocycles. The molecule has 0 atom stereocenters. The molecular weight excluding hydrogens is 348 g/mol. The number of fused-ring (bicyclic) bond motifs is 1. The highest BCUT2D eigenvalue weighted by molar-refractivity contribution is 5.92. The first-order valence-corrected chi connectivity index (χ1v) is 8.41. The fourth-order valence-electron chi connectivity index (χ4n) is 2.67. The van der Waals surface area contributed by atoms with Crippen LogP contribution in [0.25, 0.3) is 0 Å². The number of hydrogen-bond donors (Lipinski definition) is 1. The molecule has 1 aliphatic heterocycles. The molecule has 2 aromatic heterocycles. The zero-order chi connectivity index (χ0) is 18.6. The van der Waals surface area contributed by atoms with Crippen LogP contribution >= 0.6 is 0 Å².